The number of aromatic nitrogens is 1. The van der Waals surface area contributed by atoms with Crippen LogP contribution in [0.1, 0.15) is 24.8 Å². The summed E-state index contributed by atoms with van der Waals surface area (Å²) in [6, 6.07) is 3.74. The molecule has 4 nitrogen and oxygen atoms in total. The first-order chi connectivity index (χ1) is 7.12. The Balaban J connectivity index is 2.13. The van der Waals surface area contributed by atoms with Crippen LogP contribution in [0.3, 0.4) is 0 Å². The van der Waals surface area contributed by atoms with Crippen LogP contribution in [-0.2, 0) is 4.79 Å². The highest BCUT2D eigenvalue weighted by atomic mass is 16.4. The Morgan fingerprint density at radius 2 is 2.27 bits per heavy atom. The Labute approximate surface area is 88.3 Å². The number of anilines is 1. The van der Waals surface area contributed by atoms with E-state index in [4.69, 9.17) is 5.11 Å². The Bertz CT molecular complexity index is 369. The third-order valence-electron chi connectivity index (χ3n) is 2.90. The predicted molar refractivity (Wildman–Crippen MR) is 56.8 cm³/mol. The third-order valence-corrected chi connectivity index (χ3v) is 2.90. The van der Waals surface area contributed by atoms with E-state index in [9.17, 15) is 4.79 Å². The molecule has 0 spiro atoms. The minimum atomic E-state index is -0.781. The van der Waals surface area contributed by atoms with Gasteiger partial charge in [0.1, 0.15) is 11.4 Å². The lowest BCUT2D eigenvalue weighted by molar-refractivity contribution is -0.145. The molecule has 1 aliphatic rings. The van der Waals surface area contributed by atoms with Crippen molar-refractivity contribution in [1.29, 1.82) is 0 Å². The van der Waals surface area contributed by atoms with Gasteiger partial charge in [-0.15, -0.1) is 0 Å². The second-order valence-electron chi connectivity index (χ2n) is 4.09. The van der Waals surface area contributed by atoms with Crippen LogP contribution in [0.15, 0.2) is 18.3 Å². The molecule has 2 N–H and O–H groups in total. The summed E-state index contributed by atoms with van der Waals surface area (Å²) < 4.78 is 0. The summed E-state index contributed by atoms with van der Waals surface area (Å²) in [5, 5.41) is 12.1. The summed E-state index contributed by atoms with van der Waals surface area (Å²) in [6.07, 6.45) is 4.05. The van der Waals surface area contributed by atoms with Gasteiger partial charge in [-0.3, -0.25) is 0 Å². The first-order valence-electron chi connectivity index (χ1n) is 5.07. The highest BCUT2D eigenvalue weighted by molar-refractivity contribution is 5.83. The zero-order valence-electron chi connectivity index (χ0n) is 8.66. The zero-order chi connectivity index (χ0) is 10.9. The molecule has 1 aromatic heterocycles. The summed E-state index contributed by atoms with van der Waals surface area (Å²) in [4.78, 5) is 15.2. The first kappa shape index (κ1) is 9.96. The Morgan fingerprint density at radius 3 is 2.67 bits per heavy atom. The van der Waals surface area contributed by atoms with E-state index in [-0.39, 0.29) is 0 Å². The molecular weight excluding hydrogens is 192 g/mol. The van der Waals surface area contributed by atoms with E-state index in [0.717, 1.165) is 12.0 Å². The molecule has 1 saturated carbocycles. The molecule has 0 aliphatic heterocycles. The van der Waals surface area contributed by atoms with Gasteiger partial charge in [0, 0.05) is 6.20 Å². The Hall–Kier alpha value is -1.58. The third kappa shape index (κ3) is 1.79. The largest absolute Gasteiger partial charge is 0.480 e. The van der Waals surface area contributed by atoms with Crippen molar-refractivity contribution in [3.05, 3.63) is 23.9 Å². The van der Waals surface area contributed by atoms with Crippen molar-refractivity contribution in [3.8, 4) is 0 Å². The number of carboxylic acid groups (broad SMARTS) is 1. The van der Waals surface area contributed by atoms with Crippen LogP contribution in [-0.4, -0.2) is 21.6 Å². The molecule has 0 radical (unpaired) electrons. The van der Waals surface area contributed by atoms with Gasteiger partial charge in [-0.1, -0.05) is 6.07 Å². The van der Waals surface area contributed by atoms with Crippen LogP contribution in [0.4, 0.5) is 5.82 Å². The number of pyridine rings is 1. The maximum atomic E-state index is 11.1. The average molecular weight is 206 g/mol. The number of carbonyl (C=O) groups is 1. The van der Waals surface area contributed by atoms with Crippen molar-refractivity contribution < 1.29 is 9.90 Å². The fourth-order valence-corrected chi connectivity index (χ4v) is 1.71. The average Bonchev–Trinajstić information content (AvgIpc) is 2.13. The molecule has 0 aromatic carbocycles. The monoisotopic (exact) mass is 206 g/mol. The second kappa shape index (κ2) is 3.53. The maximum absolute atomic E-state index is 11.1. The van der Waals surface area contributed by atoms with Crippen LogP contribution >= 0.6 is 0 Å². The molecule has 1 fully saturated rings. The highest BCUT2D eigenvalue weighted by Crippen LogP contribution is 2.35. The minimum absolute atomic E-state index is 0.641. The zero-order valence-corrected chi connectivity index (χ0v) is 8.66. The van der Waals surface area contributed by atoms with Gasteiger partial charge in [0.15, 0.2) is 0 Å². The molecule has 0 saturated heterocycles. The second-order valence-corrected chi connectivity index (χ2v) is 4.09. The van der Waals surface area contributed by atoms with E-state index >= 15 is 0 Å². The van der Waals surface area contributed by atoms with Crippen LogP contribution in [0, 0.1) is 6.92 Å². The van der Waals surface area contributed by atoms with Crippen molar-refractivity contribution >= 4 is 11.8 Å². The van der Waals surface area contributed by atoms with Gasteiger partial charge in [-0.2, -0.15) is 0 Å². The molecule has 2 rings (SSSR count). The van der Waals surface area contributed by atoms with Crippen molar-refractivity contribution in [2.45, 2.75) is 31.7 Å². The van der Waals surface area contributed by atoms with E-state index in [1.54, 1.807) is 6.20 Å². The fraction of sp³-hybridized carbons (Fsp3) is 0.455. The predicted octanol–water partition coefficient (Wildman–Crippen LogP) is 1.81. The van der Waals surface area contributed by atoms with Crippen molar-refractivity contribution in [2.24, 2.45) is 0 Å². The van der Waals surface area contributed by atoms with E-state index in [0.29, 0.717) is 18.7 Å². The smallest absolute Gasteiger partial charge is 0.329 e. The first-order valence-corrected chi connectivity index (χ1v) is 5.07. The molecule has 0 amide bonds. The summed E-state index contributed by atoms with van der Waals surface area (Å²) in [7, 11) is 0. The lowest BCUT2D eigenvalue weighted by atomic mass is 9.77. The topological polar surface area (TPSA) is 62.2 Å². The van der Waals surface area contributed by atoms with Gasteiger partial charge in [-0.05, 0) is 37.8 Å². The molecule has 15 heavy (non-hydrogen) atoms. The molecule has 0 atom stereocenters. The maximum Gasteiger partial charge on any atom is 0.329 e. The van der Waals surface area contributed by atoms with E-state index in [2.05, 4.69) is 10.3 Å². The number of hydrogen-bond donors (Lipinski definition) is 2. The summed E-state index contributed by atoms with van der Waals surface area (Å²) >= 11 is 0. The van der Waals surface area contributed by atoms with Gasteiger partial charge in [0.2, 0.25) is 0 Å². The highest BCUT2D eigenvalue weighted by Gasteiger charge is 2.44. The molecule has 1 aromatic rings. The quantitative estimate of drug-likeness (QED) is 0.791. The number of hydrogen-bond acceptors (Lipinski definition) is 3. The number of aryl methyl sites for hydroxylation is 1. The lowest BCUT2D eigenvalue weighted by Gasteiger charge is -2.38. The number of nitrogens with zero attached hydrogens (tertiary/aromatic N) is 1. The van der Waals surface area contributed by atoms with Crippen LogP contribution < -0.4 is 5.32 Å². The van der Waals surface area contributed by atoms with E-state index in [1.807, 2.05) is 19.1 Å². The Kier molecular flexibility index (Phi) is 2.34. The minimum Gasteiger partial charge on any atom is -0.480 e. The van der Waals surface area contributed by atoms with Gasteiger partial charge in [0.25, 0.3) is 0 Å². The molecule has 0 unspecified atom stereocenters. The SMILES string of the molecule is Cc1ccc(NC2(C(=O)O)CCC2)nc1. The van der Waals surface area contributed by atoms with Gasteiger partial charge in [0.05, 0.1) is 0 Å². The molecule has 80 valence electrons. The number of aliphatic carboxylic acids is 1. The normalized spacial score (nSPS) is 17.9. The van der Waals surface area contributed by atoms with Crippen molar-refractivity contribution in [1.82, 2.24) is 4.98 Å². The summed E-state index contributed by atoms with van der Waals surface area (Å²) in [5.74, 6) is -0.140. The van der Waals surface area contributed by atoms with Crippen molar-refractivity contribution in [2.75, 3.05) is 5.32 Å². The summed E-state index contributed by atoms with van der Waals surface area (Å²) in [6.45, 7) is 1.95. The van der Waals surface area contributed by atoms with Gasteiger partial charge >= 0.3 is 5.97 Å². The molecule has 1 aliphatic carbocycles. The standard InChI is InChI=1S/C11H14N2O2/c1-8-3-4-9(12-7-8)13-11(10(14)15)5-2-6-11/h3-4,7H,2,5-6H2,1H3,(H,12,13)(H,14,15). The van der Waals surface area contributed by atoms with Gasteiger partial charge < -0.3 is 10.4 Å². The number of carboxylic acids is 1. The number of nitrogens with one attached hydrogen (secondary N) is 1. The number of rotatable bonds is 3. The van der Waals surface area contributed by atoms with E-state index in [1.165, 1.54) is 0 Å². The molecular formula is C11H14N2O2. The van der Waals surface area contributed by atoms with Crippen LogP contribution in [0.2, 0.25) is 0 Å². The lowest BCUT2D eigenvalue weighted by Crippen LogP contribution is -2.52. The van der Waals surface area contributed by atoms with Crippen LogP contribution in [0.25, 0.3) is 0 Å². The molecule has 4 heteroatoms. The Morgan fingerprint density at radius 1 is 1.53 bits per heavy atom. The van der Waals surface area contributed by atoms with Crippen molar-refractivity contribution in [3.63, 3.8) is 0 Å². The van der Waals surface area contributed by atoms with Gasteiger partial charge in [-0.25, -0.2) is 9.78 Å². The summed E-state index contributed by atoms with van der Waals surface area (Å²) in [5.41, 5.74) is 0.293. The molecule has 1 heterocycles. The van der Waals surface area contributed by atoms with Crippen LogP contribution in [0.5, 0.6) is 0 Å². The molecule has 0 bridgehead atoms. The fourth-order valence-electron chi connectivity index (χ4n) is 1.71. The van der Waals surface area contributed by atoms with E-state index < -0.39 is 11.5 Å².